The summed E-state index contributed by atoms with van der Waals surface area (Å²) in [5.74, 6) is 0. The number of aromatic nitrogens is 2. The van der Waals surface area contributed by atoms with Crippen LogP contribution in [-0.4, -0.2) is 9.97 Å². The molecule has 0 saturated carbocycles. The Morgan fingerprint density at radius 2 is 1.19 bits per heavy atom. The molecule has 2 heteroatoms. The molecule has 6 rings (SSSR count). The number of hydrogen-bond donors (Lipinski definition) is 0. The Labute approximate surface area is 186 Å². The smallest absolute Gasteiger partial charge is 0.0893 e. The van der Waals surface area contributed by atoms with Gasteiger partial charge >= 0.3 is 0 Å². The maximum Gasteiger partial charge on any atom is 0.0893 e. The molecule has 0 unspecified atom stereocenters. The van der Waals surface area contributed by atoms with Crippen LogP contribution < -0.4 is 0 Å². The zero-order valence-corrected chi connectivity index (χ0v) is 17.4. The van der Waals surface area contributed by atoms with Crippen molar-refractivity contribution in [2.45, 2.75) is 0 Å². The van der Waals surface area contributed by atoms with Gasteiger partial charge in [0.15, 0.2) is 0 Å². The van der Waals surface area contributed by atoms with E-state index in [0.717, 1.165) is 22.6 Å². The third-order valence-electron chi connectivity index (χ3n) is 5.90. The van der Waals surface area contributed by atoms with Gasteiger partial charge in [-0.25, -0.2) is 4.98 Å². The van der Waals surface area contributed by atoms with Crippen molar-refractivity contribution < 1.29 is 0 Å². The van der Waals surface area contributed by atoms with Crippen LogP contribution in [0.15, 0.2) is 121 Å². The topological polar surface area (TPSA) is 25.8 Å². The van der Waals surface area contributed by atoms with E-state index in [4.69, 9.17) is 4.98 Å². The lowest BCUT2D eigenvalue weighted by atomic mass is 9.90. The molecule has 0 fully saturated rings. The minimum Gasteiger partial charge on any atom is -0.255 e. The maximum atomic E-state index is 5.07. The highest BCUT2D eigenvalue weighted by Gasteiger charge is 2.15. The first-order chi connectivity index (χ1) is 15.9. The van der Waals surface area contributed by atoms with Gasteiger partial charge in [-0.05, 0) is 69.1 Å². The van der Waals surface area contributed by atoms with Gasteiger partial charge in [-0.15, -0.1) is 0 Å². The highest BCUT2D eigenvalue weighted by Crippen LogP contribution is 2.39. The molecule has 0 aliphatic carbocycles. The molecule has 0 bridgehead atoms. The summed E-state index contributed by atoms with van der Waals surface area (Å²) < 4.78 is 0. The predicted molar refractivity (Wildman–Crippen MR) is 133 cm³/mol. The molecular formula is C30H20N2. The van der Waals surface area contributed by atoms with E-state index in [0.29, 0.717) is 0 Å². The molecule has 2 heterocycles. The zero-order chi connectivity index (χ0) is 21.3. The van der Waals surface area contributed by atoms with Crippen molar-refractivity contribution in [3.8, 4) is 33.8 Å². The predicted octanol–water partition coefficient (Wildman–Crippen LogP) is 7.78. The Morgan fingerprint density at radius 3 is 2.00 bits per heavy atom. The van der Waals surface area contributed by atoms with Gasteiger partial charge < -0.3 is 0 Å². The molecule has 0 aliphatic rings. The quantitative estimate of drug-likeness (QED) is 0.279. The first-order valence-corrected chi connectivity index (χ1v) is 10.8. The maximum absolute atomic E-state index is 5.07. The summed E-state index contributed by atoms with van der Waals surface area (Å²) in [7, 11) is 0. The minimum atomic E-state index is 0.875. The van der Waals surface area contributed by atoms with Crippen LogP contribution in [0, 0.1) is 0 Å². The van der Waals surface area contributed by atoms with Crippen LogP contribution in [0.5, 0.6) is 0 Å². The normalized spacial score (nSPS) is 11.1. The zero-order valence-electron chi connectivity index (χ0n) is 17.4. The summed E-state index contributed by atoms with van der Waals surface area (Å²) in [6, 6.07) is 40.2. The second kappa shape index (κ2) is 7.75. The van der Waals surface area contributed by atoms with Gasteiger partial charge in [0.05, 0.1) is 17.1 Å². The van der Waals surface area contributed by atoms with Gasteiger partial charge in [-0.2, -0.15) is 0 Å². The summed E-state index contributed by atoms with van der Waals surface area (Å²) in [5.41, 5.74) is 6.22. The molecule has 2 nitrogen and oxygen atoms in total. The van der Waals surface area contributed by atoms with E-state index < -0.39 is 0 Å². The van der Waals surface area contributed by atoms with E-state index in [1.807, 2.05) is 30.5 Å². The molecule has 6 aromatic rings. The van der Waals surface area contributed by atoms with E-state index in [9.17, 15) is 0 Å². The first kappa shape index (κ1) is 18.5. The Balaban J connectivity index is 1.68. The van der Waals surface area contributed by atoms with Crippen LogP contribution >= 0.6 is 0 Å². The van der Waals surface area contributed by atoms with Crippen LogP contribution in [0.2, 0.25) is 0 Å². The molecule has 4 aromatic carbocycles. The highest BCUT2D eigenvalue weighted by atomic mass is 14.8. The summed E-state index contributed by atoms with van der Waals surface area (Å²) in [5, 5.41) is 4.89. The fraction of sp³-hybridized carbons (Fsp3) is 0. The number of fused-ring (bicyclic) bond motifs is 2. The van der Waals surface area contributed by atoms with Crippen LogP contribution in [0.1, 0.15) is 0 Å². The third-order valence-corrected chi connectivity index (χ3v) is 5.90. The van der Waals surface area contributed by atoms with Crippen molar-refractivity contribution in [2.24, 2.45) is 0 Å². The van der Waals surface area contributed by atoms with Crippen molar-refractivity contribution in [3.63, 3.8) is 0 Å². The van der Waals surface area contributed by atoms with Crippen LogP contribution in [0.3, 0.4) is 0 Å². The van der Waals surface area contributed by atoms with Crippen LogP contribution in [0.4, 0.5) is 0 Å². The Kier molecular flexibility index (Phi) is 4.47. The molecule has 0 radical (unpaired) electrons. The van der Waals surface area contributed by atoms with Crippen molar-refractivity contribution >= 4 is 21.5 Å². The summed E-state index contributed by atoms with van der Waals surface area (Å²) in [6.07, 6.45) is 1.81. The lowest BCUT2D eigenvalue weighted by Crippen LogP contribution is -1.93. The number of benzene rings is 4. The van der Waals surface area contributed by atoms with Gasteiger partial charge in [-0.3, -0.25) is 4.98 Å². The summed E-state index contributed by atoms with van der Waals surface area (Å²) in [6.45, 7) is 0. The fourth-order valence-corrected chi connectivity index (χ4v) is 4.38. The SMILES string of the molecule is c1ccc(-c2ccc3cc4ccccc4cc3c2-c2cccc(-c3ccccn3)n2)cc1. The molecule has 150 valence electrons. The number of nitrogens with zero attached hydrogens (tertiary/aromatic N) is 2. The van der Waals surface area contributed by atoms with Gasteiger partial charge in [0.25, 0.3) is 0 Å². The summed E-state index contributed by atoms with van der Waals surface area (Å²) >= 11 is 0. The number of pyridine rings is 2. The van der Waals surface area contributed by atoms with Crippen molar-refractivity contribution in [2.75, 3.05) is 0 Å². The van der Waals surface area contributed by atoms with E-state index in [1.54, 1.807) is 0 Å². The van der Waals surface area contributed by atoms with Gasteiger partial charge in [0.1, 0.15) is 0 Å². The average Bonchev–Trinajstić information content (AvgIpc) is 2.88. The molecule has 0 N–H and O–H groups in total. The minimum absolute atomic E-state index is 0.875. The van der Waals surface area contributed by atoms with Gasteiger partial charge in [0, 0.05) is 11.8 Å². The molecule has 2 aromatic heterocycles. The molecule has 0 amide bonds. The molecule has 32 heavy (non-hydrogen) atoms. The van der Waals surface area contributed by atoms with Crippen LogP contribution in [-0.2, 0) is 0 Å². The van der Waals surface area contributed by atoms with Crippen molar-refractivity contribution in [1.82, 2.24) is 9.97 Å². The molecule has 0 saturated heterocycles. The lowest BCUT2D eigenvalue weighted by Gasteiger charge is -2.15. The first-order valence-electron chi connectivity index (χ1n) is 10.8. The number of hydrogen-bond acceptors (Lipinski definition) is 2. The largest absolute Gasteiger partial charge is 0.255 e. The second-order valence-corrected chi connectivity index (χ2v) is 7.90. The lowest BCUT2D eigenvalue weighted by molar-refractivity contribution is 1.25. The third kappa shape index (κ3) is 3.23. The monoisotopic (exact) mass is 408 g/mol. The van der Waals surface area contributed by atoms with E-state index >= 15 is 0 Å². The van der Waals surface area contributed by atoms with Crippen molar-refractivity contribution in [3.05, 3.63) is 121 Å². The highest BCUT2D eigenvalue weighted by molar-refractivity contribution is 6.08. The Bertz CT molecular complexity index is 1550. The van der Waals surface area contributed by atoms with Gasteiger partial charge in [0.2, 0.25) is 0 Å². The Hall–Kier alpha value is -4.30. The fourth-order valence-electron chi connectivity index (χ4n) is 4.38. The van der Waals surface area contributed by atoms with E-state index in [-0.39, 0.29) is 0 Å². The molecule has 0 spiro atoms. The standard InChI is InChI=1S/C30H20N2/c1-2-9-21(10-3-1)25-17-16-24-19-22-11-4-5-12-23(22)20-26(24)30(25)29-15-8-14-28(32-29)27-13-6-7-18-31-27/h1-20H. The molecule has 0 atom stereocenters. The summed E-state index contributed by atoms with van der Waals surface area (Å²) in [4.78, 5) is 9.57. The molecule has 0 aliphatic heterocycles. The second-order valence-electron chi connectivity index (χ2n) is 7.90. The van der Waals surface area contributed by atoms with Gasteiger partial charge in [-0.1, -0.05) is 78.9 Å². The van der Waals surface area contributed by atoms with Crippen molar-refractivity contribution in [1.29, 1.82) is 0 Å². The number of rotatable bonds is 3. The average molecular weight is 409 g/mol. The van der Waals surface area contributed by atoms with Crippen LogP contribution in [0.25, 0.3) is 55.3 Å². The van der Waals surface area contributed by atoms with E-state index in [2.05, 4.69) is 96.0 Å². The Morgan fingerprint density at radius 1 is 0.469 bits per heavy atom. The molecular weight excluding hydrogens is 388 g/mol. The van der Waals surface area contributed by atoms with E-state index in [1.165, 1.54) is 32.7 Å².